The van der Waals surface area contributed by atoms with Gasteiger partial charge in [0.1, 0.15) is 0 Å². The number of rotatable bonds is 2. The van der Waals surface area contributed by atoms with Crippen molar-refractivity contribution in [2.24, 2.45) is 0 Å². The summed E-state index contributed by atoms with van der Waals surface area (Å²) in [5, 5.41) is 0. The van der Waals surface area contributed by atoms with Gasteiger partial charge < -0.3 is 38.7 Å². The average Bonchev–Trinajstić information content (AvgIpc) is 2.18. The summed E-state index contributed by atoms with van der Waals surface area (Å²) in [7, 11) is -9.39. The summed E-state index contributed by atoms with van der Waals surface area (Å²) in [6, 6.07) is 0. The predicted molar refractivity (Wildman–Crippen MR) is 68.7 cm³/mol. The normalized spacial score (nSPS) is 11.0. The van der Waals surface area contributed by atoms with E-state index in [1.165, 1.54) is 0 Å². The standard InChI is InChI=1S/C2F6NO4S2.2ClH.FH.IS.2Mg/c3-1(4,5)14(10,11)9-15(12,13)2(6,7)8;;;;1-2;;/h;3*1H;;;/q-1;;;;-1;2*+2/p-2/i/hT. The SMILES string of the molecule is O=S(=O)([N-]S(=O)(=O)C(F)(F)F)C(F)(F)F.[3H]F.[Cl-].[Cl-].[Mg+2].[Mg+2].[S-]I. The molecule has 0 heterocycles. The minimum absolute atomic E-state index is 0. The Morgan fingerprint density at radius 2 is 0.955 bits per heavy atom. The van der Waals surface area contributed by atoms with Crippen LogP contribution in [-0.2, 0) is 29.8 Å². The minimum Gasteiger partial charge on any atom is -1.00 e. The second-order valence-electron chi connectivity index (χ2n) is 1.92. The molecule has 22 heavy (non-hydrogen) atoms. The zero-order chi connectivity index (χ0) is 16.7. The summed E-state index contributed by atoms with van der Waals surface area (Å²) < 4.78 is 122. The molecular formula is C2HCl2F7IMg2NO4S3. The van der Waals surface area contributed by atoms with E-state index in [1.54, 1.807) is 21.2 Å². The maximum absolute atomic E-state index is 11.4. The molecule has 0 fully saturated rings. The Hall–Kier alpha value is 2.56. The van der Waals surface area contributed by atoms with Gasteiger partial charge in [0.2, 0.25) is 0 Å². The van der Waals surface area contributed by atoms with Crippen molar-refractivity contribution in [1.82, 2.24) is 0 Å². The predicted octanol–water partition coefficient (Wildman–Crippen LogP) is -4.66. The third-order valence-electron chi connectivity index (χ3n) is 0.781. The molecule has 0 atom stereocenters. The molecule has 0 rings (SSSR count). The first-order valence-corrected chi connectivity index (χ1v) is 8.56. The van der Waals surface area contributed by atoms with Crippen LogP contribution in [0.3, 0.4) is 0 Å². The van der Waals surface area contributed by atoms with Gasteiger partial charge in [-0.15, -0.1) is 0 Å². The van der Waals surface area contributed by atoms with Crippen LogP contribution in [0.1, 0.15) is 0 Å². The molecule has 5 nitrogen and oxygen atoms in total. The van der Waals surface area contributed by atoms with Crippen molar-refractivity contribution in [2.45, 2.75) is 11.0 Å². The zero-order valence-electron chi connectivity index (χ0n) is 10.5. The van der Waals surface area contributed by atoms with E-state index in [-0.39, 0.29) is 70.9 Å². The minimum atomic E-state index is -6.72. The van der Waals surface area contributed by atoms with E-state index in [0.717, 1.165) is 4.13 Å². The third-order valence-corrected chi connectivity index (χ3v) is 3.52. The van der Waals surface area contributed by atoms with Crippen molar-refractivity contribution in [3.05, 3.63) is 4.13 Å². The summed E-state index contributed by atoms with van der Waals surface area (Å²) in [6.07, 6.45) is 0. The smallest absolute Gasteiger partial charge is 1.00 e. The van der Waals surface area contributed by atoms with E-state index in [1.807, 2.05) is 0 Å². The Morgan fingerprint density at radius 1 is 0.818 bits per heavy atom. The molecule has 130 valence electrons. The zero-order valence-corrected chi connectivity index (χ0v) is 18.4. The van der Waals surface area contributed by atoms with Gasteiger partial charge >= 0.3 is 57.1 Å². The van der Waals surface area contributed by atoms with Gasteiger partial charge in [0.15, 0.2) is 20.0 Å². The van der Waals surface area contributed by atoms with Gasteiger partial charge in [0, 0.05) is 0 Å². The van der Waals surface area contributed by atoms with E-state index in [0.29, 0.717) is 0 Å². The van der Waals surface area contributed by atoms with Gasteiger partial charge in [-0.25, -0.2) is 16.8 Å². The average molecular weight is 581 g/mol. The molecule has 0 unspecified atom stereocenters. The molecule has 0 aliphatic heterocycles. The van der Waals surface area contributed by atoms with Crippen LogP contribution >= 0.6 is 21.2 Å². The molecule has 0 radical (unpaired) electrons. The Labute approximate surface area is 184 Å². The van der Waals surface area contributed by atoms with Crippen LogP contribution in [0.25, 0.3) is 4.13 Å². The maximum Gasteiger partial charge on any atom is 2.00 e. The molecule has 0 aromatic rings. The molecular weight excluding hydrogens is 578 g/mol. The van der Waals surface area contributed by atoms with Crippen molar-refractivity contribution in [3.8, 4) is 0 Å². The summed E-state index contributed by atoms with van der Waals surface area (Å²) in [5.41, 5.74) is -12.4. The first-order chi connectivity index (χ1) is 8.21. The largest absolute Gasteiger partial charge is 2.00 e. The number of sulfonamides is 2. The van der Waals surface area contributed by atoms with Gasteiger partial charge in [0.05, 0.1) is 0 Å². The van der Waals surface area contributed by atoms with Crippen molar-refractivity contribution in [2.75, 3.05) is 0 Å². The van der Waals surface area contributed by atoms with Crippen LogP contribution < -0.4 is 24.8 Å². The molecule has 0 N–H and O–H groups in total. The first kappa shape index (κ1) is 39.6. The molecule has 0 aliphatic rings. The van der Waals surface area contributed by atoms with Gasteiger partial charge in [-0.1, -0.05) is 0 Å². The molecule has 0 aromatic heterocycles. The topological polar surface area (TPSA) is 82.4 Å². The number of hydrogen-bond acceptors (Lipinski definition) is 5. The van der Waals surface area contributed by atoms with Gasteiger partial charge in [-0.3, -0.25) is 25.9 Å². The van der Waals surface area contributed by atoms with Crippen molar-refractivity contribution in [1.29, 1.82) is 1.45 Å². The van der Waals surface area contributed by atoms with E-state index in [9.17, 15) is 43.2 Å². The number of halogens is 10. The second kappa shape index (κ2) is 15.8. The Balaban J connectivity index is -0.0000000590. The van der Waals surface area contributed by atoms with E-state index in [2.05, 4.69) is 11.3 Å². The molecule has 0 saturated carbocycles. The number of alkyl halides is 6. The maximum atomic E-state index is 11.4. The Morgan fingerprint density at radius 3 is 1.05 bits per heavy atom. The van der Waals surface area contributed by atoms with Crippen LogP contribution in [-0.4, -0.2) is 75.4 Å². The van der Waals surface area contributed by atoms with Crippen LogP contribution in [0.4, 0.5) is 31.1 Å². The summed E-state index contributed by atoms with van der Waals surface area (Å²) in [4.78, 5) is 0. The summed E-state index contributed by atoms with van der Waals surface area (Å²) in [6.45, 7) is 0. The van der Waals surface area contributed by atoms with Gasteiger partial charge in [-0.2, -0.15) is 26.3 Å². The van der Waals surface area contributed by atoms with E-state index in [4.69, 9.17) is 4.72 Å². The monoisotopic (exact) mass is 579 g/mol. The molecule has 0 aliphatic carbocycles. The molecule has 20 heteroatoms. The quantitative estimate of drug-likeness (QED) is 0.142. The fourth-order valence-electron chi connectivity index (χ4n) is 0.214. The molecule has 0 amide bonds. The Kier molecular flexibility index (Phi) is 28.4. The van der Waals surface area contributed by atoms with Crippen LogP contribution in [0.2, 0.25) is 0 Å². The van der Waals surface area contributed by atoms with Crippen LogP contribution in [0.5, 0.6) is 0 Å². The number of hydrogen-bond donors (Lipinski definition) is 0. The first-order valence-electron chi connectivity index (χ1n) is 3.11. The van der Waals surface area contributed by atoms with Crippen molar-refractivity contribution in [3.63, 3.8) is 0 Å². The summed E-state index contributed by atoms with van der Waals surface area (Å²) >= 11 is 1.73. The van der Waals surface area contributed by atoms with Gasteiger partial charge in [0.25, 0.3) is 1.45 Å². The second-order valence-corrected chi connectivity index (χ2v) is 5.34. The fraction of sp³-hybridized carbons (Fsp3) is 1.00. The summed E-state index contributed by atoms with van der Waals surface area (Å²) in [5.74, 6) is 0. The van der Waals surface area contributed by atoms with Crippen molar-refractivity contribution >= 4 is 97.2 Å². The van der Waals surface area contributed by atoms with E-state index < -0.39 is 31.1 Å². The van der Waals surface area contributed by atoms with E-state index >= 15 is 0 Å². The molecule has 0 bridgehead atoms. The third kappa shape index (κ3) is 14.9. The molecule has 0 aromatic carbocycles. The Bertz CT molecular complexity index is 419. The van der Waals surface area contributed by atoms with Crippen LogP contribution in [0, 0.1) is 0 Å². The molecule has 0 saturated heterocycles. The number of nitrogens with zero attached hydrogens (tertiary/aromatic N) is 1. The van der Waals surface area contributed by atoms with Crippen molar-refractivity contribution < 1.29 is 72.7 Å². The fourth-order valence-corrected chi connectivity index (χ4v) is 1.92. The van der Waals surface area contributed by atoms with Gasteiger partial charge in [-0.05, 0) is 0 Å². The molecule has 0 spiro atoms. The van der Waals surface area contributed by atoms with Crippen LogP contribution in [0.15, 0.2) is 0 Å².